The molecule has 5 rings (SSSR count). The number of fused-ring (bicyclic) bond motifs is 3. The van der Waals surface area contributed by atoms with Crippen molar-refractivity contribution in [1.82, 2.24) is 20.1 Å². The molecule has 9 nitrogen and oxygen atoms in total. The van der Waals surface area contributed by atoms with Crippen LogP contribution in [0.15, 0.2) is 53.7 Å². The number of pyridine rings is 1. The summed E-state index contributed by atoms with van der Waals surface area (Å²) in [4.78, 5) is 31.7. The molecule has 2 aromatic heterocycles. The number of hydrogen-bond acceptors (Lipinski definition) is 6. The van der Waals surface area contributed by atoms with E-state index in [1.165, 1.54) is 22.8 Å². The number of carbonyl (C=O) groups is 2. The Labute approximate surface area is 195 Å². The van der Waals surface area contributed by atoms with Gasteiger partial charge in [-0.25, -0.2) is 17.8 Å². The molecule has 3 heterocycles. The molecular weight excluding hydrogens is 461 g/mol. The zero-order chi connectivity index (χ0) is 24.2. The van der Waals surface area contributed by atoms with E-state index in [0.29, 0.717) is 24.3 Å². The van der Waals surface area contributed by atoms with Crippen molar-refractivity contribution in [3.8, 4) is 0 Å². The van der Waals surface area contributed by atoms with Crippen LogP contribution in [0.25, 0.3) is 0 Å². The van der Waals surface area contributed by atoms with Crippen molar-refractivity contribution in [3.63, 3.8) is 0 Å². The zero-order valence-corrected chi connectivity index (χ0v) is 19.3. The highest BCUT2D eigenvalue weighted by atomic mass is 32.2. The van der Waals surface area contributed by atoms with Crippen molar-refractivity contribution in [3.05, 3.63) is 71.4 Å². The van der Waals surface area contributed by atoms with Gasteiger partial charge in [-0.2, -0.15) is 5.10 Å². The number of benzene rings is 1. The van der Waals surface area contributed by atoms with Crippen molar-refractivity contribution in [2.75, 3.05) is 18.2 Å². The minimum atomic E-state index is -3.47. The average Bonchev–Trinajstić information content (AvgIpc) is 3.52. The lowest BCUT2D eigenvalue weighted by Crippen LogP contribution is -2.48. The fraction of sp³-hybridized carbons (Fsp3) is 0.304. The van der Waals surface area contributed by atoms with E-state index in [9.17, 15) is 22.4 Å². The Morgan fingerprint density at radius 2 is 2.00 bits per heavy atom. The molecular formula is C23H22FN5O4S. The fourth-order valence-corrected chi connectivity index (χ4v) is 5.01. The first-order valence-corrected chi connectivity index (χ1v) is 12.6. The maximum absolute atomic E-state index is 14.5. The van der Waals surface area contributed by atoms with E-state index in [4.69, 9.17) is 0 Å². The summed E-state index contributed by atoms with van der Waals surface area (Å²) in [7, 11) is -1.94. The number of rotatable bonds is 5. The maximum atomic E-state index is 14.5. The minimum absolute atomic E-state index is 0.0752. The molecule has 1 aliphatic heterocycles. The third-order valence-electron chi connectivity index (χ3n) is 6.29. The summed E-state index contributed by atoms with van der Waals surface area (Å²) >= 11 is 0. The van der Waals surface area contributed by atoms with Crippen molar-refractivity contribution >= 4 is 27.5 Å². The molecule has 0 saturated heterocycles. The lowest BCUT2D eigenvalue weighted by Gasteiger charge is -2.22. The van der Waals surface area contributed by atoms with Crippen LogP contribution in [0.4, 0.5) is 10.2 Å². The fourth-order valence-electron chi connectivity index (χ4n) is 4.43. The Morgan fingerprint density at radius 3 is 2.71 bits per heavy atom. The number of carbonyl (C=O) groups excluding carboxylic acids is 2. The van der Waals surface area contributed by atoms with E-state index in [2.05, 4.69) is 15.4 Å². The molecule has 34 heavy (non-hydrogen) atoms. The summed E-state index contributed by atoms with van der Waals surface area (Å²) in [6, 6.07) is 9.96. The van der Waals surface area contributed by atoms with Crippen LogP contribution in [-0.4, -0.2) is 54.3 Å². The Hall–Kier alpha value is -3.60. The van der Waals surface area contributed by atoms with Gasteiger partial charge < -0.3 is 5.32 Å². The minimum Gasteiger partial charge on any atom is -0.338 e. The highest BCUT2D eigenvalue weighted by Gasteiger charge is 2.52. The van der Waals surface area contributed by atoms with Gasteiger partial charge in [-0.1, -0.05) is 30.3 Å². The molecule has 1 fully saturated rings. The van der Waals surface area contributed by atoms with E-state index in [1.54, 1.807) is 6.07 Å². The van der Waals surface area contributed by atoms with Gasteiger partial charge in [0.25, 0.3) is 11.8 Å². The van der Waals surface area contributed by atoms with E-state index in [0.717, 1.165) is 18.0 Å². The number of halogens is 1. The van der Waals surface area contributed by atoms with Crippen LogP contribution in [0.5, 0.6) is 0 Å². The van der Waals surface area contributed by atoms with Crippen LogP contribution in [-0.2, 0) is 21.2 Å². The number of likely N-dealkylation sites (N-methyl/N-ethyl adjacent to an activating group) is 1. The van der Waals surface area contributed by atoms with Gasteiger partial charge in [0, 0.05) is 19.5 Å². The van der Waals surface area contributed by atoms with E-state index < -0.39 is 33.5 Å². The van der Waals surface area contributed by atoms with Crippen molar-refractivity contribution in [1.29, 1.82) is 0 Å². The largest absolute Gasteiger partial charge is 0.338 e. The molecule has 3 atom stereocenters. The molecule has 2 amide bonds. The highest BCUT2D eigenvalue weighted by Crippen LogP contribution is 2.54. The van der Waals surface area contributed by atoms with Gasteiger partial charge >= 0.3 is 0 Å². The van der Waals surface area contributed by atoms with E-state index in [-0.39, 0.29) is 22.4 Å². The third-order valence-corrected chi connectivity index (χ3v) is 7.37. The van der Waals surface area contributed by atoms with Gasteiger partial charge in [0.2, 0.25) is 0 Å². The van der Waals surface area contributed by atoms with Crippen LogP contribution in [0, 0.1) is 11.7 Å². The topological polar surface area (TPSA) is 114 Å². The quantitative estimate of drug-likeness (QED) is 0.591. The summed E-state index contributed by atoms with van der Waals surface area (Å²) in [6.45, 7) is 0.296. The molecule has 176 valence electrons. The second kappa shape index (κ2) is 8.01. The average molecular weight is 484 g/mol. The second-order valence-corrected chi connectivity index (χ2v) is 10.7. The van der Waals surface area contributed by atoms with Crippen LogP contribution in [0.2, 0.25) is 0 Å². The second-order valence-electron chi connectivity index (χ2n) is 8.72. The summed E-state index contributed by atoms with van der Waals surface area (Å²) < 4.78 is 39.8. The predicted octanol–water partition coefficient (Wildman–Crippen LogP) is 1.75. The summed E-state index contributed by atoms with van der Waals surface area (Å²) in [6.07, 6.45) is 4.05. The summed E-state index contributed by atoms with van der Waals surface area (Å²) in [5.74, 6) is -1.98. The number of nitrogens with zero attached hydrogens (tertiary/aromatic N) is 4. The Bertz CT molecular complexity index is 1410. The lowest BCUT2D eigenvalue weighted by molar-refractivity contribution is -0.120. The number of anilines is 1. The first-order chi connectivity index (χ1) is 16.1. The summed E-state index contributed by atoms with van der Waals surface area (Å²) in [5.41, 5.74) is 1.17. The molecule has 1 aliphatic carbocycles. The first-order valence-electron chi connectivity index (χ1n) is 10.7. The molecule has 0 unspecified atom stereocenters. The van der Waals surface area contributed by atoms with E-state index >= 15 is 0 Å². The number of nitrogens with one attached hydrogen (secondary N) is 1. The number of aromatic nitrogens is 3. The summed E-state index contributed by atoms with van der Waals surface area (Å²) in [5, 5.41) is 6.73. The molecule has 0 bridgehead atoms. The van der Waals surface area contributed by atoms with Gasteiger partial charge in [0.1, 0.15) is 11.9 Å². The van der Waals surface area contributed by atoms with Crippen molar-refractivity contribution < 1.29 is 22.4 Å². The Kier molecular flexibility index (Phi) is 5.23. The molecule has 2 aliphatic rings. The van der Waals surface area contributed by atoms with Gasteiger partial charge in [-0.3, -0.25) is 19.2 Å². The normalized spacial score (nSPS) is 21.4. The highest BCUT2D eigenvalue weighted by molar-refractivity contribution is 7.90. The Balaban J connectivity index is 1.38. The number of amides is 2. The molecule has 0 radical (unpaired) electrons. The number of sulfone groups is 1. The SMILES string of the molecule is CN1C(=O)[C@@H](NC(=O)c2nn(Cc3ccccc3)cc2F)[C@H]2C[C@H]2c2cc(S(C)(=O)=O)cnc21. The van der Waals surface area contributed by atoms with Crippen molar-refractivity contribution in [2.45, 2.75) is 29.8 Å². The Morgan fingerprint density at radius 1 is 1.26 bits per heavy atom. The van der Waals surface area contributed by atoms with Crippen molar-refractivity contribution in [2.24, 2.45) is 5.92 Å². The van der Waals surface area contributed by atoms with E-state index in [1.807, 2.05) is 30.3 Å². The van der Waals surface area contributed by atoms with Crippen LogP contribution in [0.1, 0.15) is 34.0 Å². The third kappa shape index (κ3) is 3.96. The standard InChI is InChI=1S/C23H22FN5O4S/c1-28-21-17(8-14(10-25-21)34(2,32)33)15-9-16(15)19(23(28)31)26-22(30)20-18(24)12-29(27-20)11-13-6-4-3-5-7-13/h3-8,10,12,15-16,19H,9,11H2,1-2H3,(H,26,30)/t15-,16+,19+/m1/s1. The smallest absolute Gasteiger partial charge is 0.275 e. The molecule has 1 N–H and O–H groups in total. The van der Waals surface area contributed by atoms with Gasteiger partial charge in [0.05, 0.1) is 17.6 Å². The molecule has 3 aromatic rings. The maximum Gasteiger partial charge on any atom is 0.275 e. The van der Waals surface area contributed by atoms with Crippen LogP contribution in [0.3, 0.4) is 0 Å². The first kappa shape index (κ1) is 22.2. The molecule has 0 spiro atoms. The van der Waals surface area contributed by atoms with Gasteiger partial charge in [-0.05, 0) is 35.4 Å². The lowest BCUT2D eigenvalue weighted by atomic mass is 10.1. The number of hydrogen-bond donors (Lipinski definition) is 1. The molecule has 1 saturated carbocycles. The molecule has 1 aromatic carbocycles. The zero-order valence-electron chi connectivity index (χ0n) is 18.5. The van der Waals surface area contributed by atoms with Crippen LogP contribution >= 0.6 is 0 Å². The van der Waals surface area contributed by atoms with Gasteiger partial charge in [0.15, 0.2) is 21.3 Å². The monoisotopic (exact) mass is 483 g/mol. The van der Waals surface area contributed by atoms with Crippen LogP contribution < -0.4 is 10.2 Å². The predicted molar refractivity (Wildman–Crippen MR) is 121 cm³/mol. The van der Waals surface area contributed by atoms with Gasteiger partial charge in [-0.15, -0.1) is 0 Å². The molecule has 11 heteroatoms.